The molecule has 1 aliphatic rings. The number of nitrogens with one attached hydrogen (secondary N) is 2. The van der Waals surface area contributed by atoms with Crippen molar-refractivity contribution in [1.82, 2.24) is 19.7 Å². The highest BCUT2D eigenvalue weighted by Gasteiger charge is 2.18. The van der Waals surface area contributed by atoms with Crippen LogP contribution in [0, 0.1) is 0 Å². The molecule has 8 nitrogen and oxygen atoms in total. The van der Waals surface area contributed by atoms with Crippen molar-refractivity contribution in [3.05, 3.63) is 58.8 Å². The highest BCUT2D eigenvalue weighted by atomic mass is 16.2. The second-order valence-electron chi connectivity index (χ2n) is 6.41. The van der Waals surface area contributed by atoms with Crippen LogP contribution < -0.4 is 16.3 Å². The van der Waals surface area contributed by atoms with E-state index in [9.17, 15) is 14.4 Å². The smallest absolute Gasteiger partial charge is 0.346 e. The Morgan fingerprint density at radius 2 is 2.04 bits per heavy atom. The van der Waals surface area contributed by atoms with Crippen molar-refractivity contribution in [2.45, 2.75) is 38.8 Å². The van der Waals surface area contributed by atoms with Crippen LogP contribution in [0.15, 0.2) is 41.7 Å². The number of amides is 2. The van der Waals surface area contributed by atoms with E-state index in [1.165, 1.54) is 4.68 Å². The molecule has 0 saturated carbocycles. The van der Waals surface area contributed by atoms with Gasteiger partial charge < -0.3 is 10.6 Å². The van der Waals surface area contributed by atoms with E-state index < -0.39 is 5.91 Å². The van der Waals surface area contributed by atoms with Crippen molar-refractivity contribution in [1.29, 1.82) is 0 Å². The van der Waals surface area contributed by atoms with Gasteiger partial charge in [0.2, 0.25) is 5.91 Å². The summed E-state index contributed by atoms with van der Waals surface area (Å²) in [5.41, 5.74) is 0.470. The van der Waals surface area contributed by atoms with E-state index in [4.69, 9.17) is 0 Å². The Labute approximate surface area is 156 Å². The number of rotatable bonds is 6. The van der Waals surface area contributed by atoms with Gasteiger partial charge >= 0.3 is 5.69 Å². The number of nitrogens with zero attached hydrogens (tertiary/aromatic N) is 3. The first kappa shape index (κ1) is 18.6. The average molecular weight is 369 g/mol. The van der Waals surface area contributed by atoms with E-state index in [-0.39, 0.29) is 18.1 Å². The second-order valence-corrected chi connectivity index (χ2v) is 6.41. The Morgan fingerprint density at radius 1 is 1.22 bits per heavy atom. The molecule has 1 aliphatic heterocycles. The number of hydrogen-bond acceptors (Lipinski definition) is 4. The van der Waals surface area contributed by atoms with Crippen LogP contribution in [0.1, 0.15) is 35.4 Å². The van der Waals surface area contributed by atoms with Gasteiger partial charge in [-0.25, -0.2) is 9.48 Å². The predicted octanol–water partition coefficient (Wildman–Crippen LogP) is 1.33. The highest BCUT2D eigenvalue weighted by molar-refractivity contribution is 6.03. The fourth-order valence-corrected chi connectivity index (χ4v) is 3.10. The zero-order valence-corrected chi connectivity index (χ0v) is 15.1. The van der Waals surface area contributed by atoms with Gasteiger partial charge in [-0.3, -0.25) is 14.2 Å². The summed E-state index contributed by atoms with van der Waals surface area (Å²) in [5, 5.41) is 9.69. The van der Waals surface area contributed by atoms with Crippen LogP contribution in [-0.2, 0) is 24.3 Å². The lowest BCUT2D eigenvalue weighted by atomic mass is 10.1. The number of para-hydroxylation sites is 1. The third-order valence-corrected chi connectivity index (χ3v) is 4.43. The van der Waals surface area contributed by atoms with Gasteiger partial charge in [0.15, 0.2) is 0 Å². The van der Waals surface area contributed by atoms with Gasteiger partial charge in [-0.05, 0) is 25.0 Å². The molecule has 8 heteroatoms. The molecular formula is C19H23N5O3. The van der Waals surface area contributed by atoms with Gasteiger partial charge in [-0.15, -0.1) is 6.58 Å². The Bertz CT molecular complexity index is 912. The molecule has 0 radical (unpaired) electrons. The summed E-state index contributed by atoms with van der Waals surface area (Å²) >= 11 is 0. The first-order chi connectivity index (χ1) is 13.1. The van der Waals surface area contributed by atoms with Crippen LogP contribution in [0.25, 0.3) is 0 Å². The first-order valence-corrected chi connectivity index (χ1v) is 9.04. The fourth-order valence-electron chi connectivity index (χ4n) is 3.10. The summed E-state index contributed by atoms with van der Waals surface area (Å²) in [4.78, 5) is 37.1. The van der Waals surface area contributed by atoms with Crippen LogP contribution in [0.5, 0.6) is 0 Å². The first-order valence-electron chi connectivity index (χ1n) is 9.04. The molecule has 142 valence electrons. The molecule has 27 heavy (non-hydrogen) atoms. The predicted molar refractivity (Wildman–Crippen MR) is 102 cm³/mol. The molecule has 3 rings (SSSR count). The molecule has 0 saturated heterocycles. The lowest BCUT2D eigenvalue weighted by Crippen LogP contribution is -2.31. The van der Waals surface area contributed by atoms with Crippen LogP contribution in [0.4, 0.5) is 5.69 Å². The van der Waals surface area contributed by atoms with Crippen molar-refractivity contribution < 1.29 is 9.59 Å². The molecule has 2 N–H and O–H groups in total. The number of aromatic nitrogens is 3. The third-order valence-electron chi connectivity index (χ3n) is 4.43. The number of hydrogen-bond donors (Lipinski definition) is 2. The third kappa shape index (κ3) is 4.33. The van der Waals surface area contributed by atoms with Crippen molar-refractivity contribution >= 4 is 17.5 Å². The number of carbonyl (C=O) groups excluding carboxylic acids is 2. The van der Waals surface area contributed by atoms with E-state index >= 15 is 0 Å². The van der Waals surface area contributed by atoms with E-state index in [1.54, 1.807) is 34.9 Å². The standard InChI is InChI=1S/C19H23N5O3/c1-2-11-20-18(26)14-8-5-6-9-15(14)21-17(25)13-24-19(27)23-12-7-3-4-10-16(23)22-24/h2,5-6,8-9H,1,3-4,7,10-13H2,(H,20,26)(H,21,25). The zero-order valence-electron chi connectivity index (χ0n) is 15.1. The van der Waals surface area contributed by atoms with Crippen molar-refractivity contribution in [3.8, 4) is 0 Å². The quantitative estimate of drug-likeness (QED) is 0.751. The SMILES string of the molecule is C=CCNC(=O)c1ccccc1NC(=O)Cn1nc2n(c1=O)CCCCC2. The molecule has 0 unspecified atom stereocenters. The molecule has 2 aromatic rings. The Hall–Kier alpha value is -3.16. The molecule has 0 atom stereocenters. The minimum absolute atomic E-state index is 0.193. The molecule has 0 spiro atoms. The maximum atomic E-state index is 12.5. The van der Waals surface area contributed by atoms with Gasteiger partial charge in [-0.1, -0.05) is 24.6 Å². The van der Waals surface area contributed by atoms with Gasteiger partial charge in [0.05, 0.1) is 11.3 Å². The van der Waals surface area contributed by atoms with Gasteiger partial charge in [0, 0.05) is 19.5 Å². The maximum absolute atomic E-state index is 12.5. The van der Waals surface area contributed by atoms with E-state index in [1.807, 2.05) is 0 Å². The van der Waals surface area contributed by atoms with Crippen molar-refractivity contribution in [3.63, 3.8) is 0 Å². The van der Waals surface area contributed by atoms with Crippen molar-refractivity contribution in [2.75, 3.05) is 11.9 Å². The molecule has 1 aromatic heterocycles. The molecule has 0 fully saturated rings. The topological polar surface area (TPSA) is 98.0 Å². The van der Waals surface area contributed by atoms with Crippen molar-refractivity contribution in [2.24, 2.45) is 0 Å². The Kier molecular flexibility index (Phi) is 5.85. The Morgan fingerprint density at radius 3 is 2.85 bits per heavy atom. The van der Waals surface area contributed by atoms with Gasteiger partial charge in [0.1, 0.15) is 12.4 Å². The summed E-state index contributed by atoms with van der Waals surface area (Å²) in [6, 6.07) is 6.71. The normalized spacial score (nSPS) is 13.3. The fraction of sp³-hybridized carbons (Fsp3) is 0.368. The number of aryl methyl sites for hydroxylation is 1. The number of benzene rings is 1. The summed E-state index contributed by atoms with van der Waals surface area (Å²) in [6.45, 7) is 4.34. The summed E-state index contributed by atoms with van der Waals surface area (Å²) in [5.74, 6) is 0.0144. The number of carbonyl (C=O) groups is 2. The molecule has 2 heterocycles. The summed E-state index contributed by atoms with van der Waals surface area (Å²) in [7, 11) is 0. The largest absolute Gasteiger partial charge is 0.349 e. The molecule has 0 bridgehead atoms. The number of anilines is 1. The van der Waals surface area contributed by atoms with E-state index in [0.29, 0.717) is 24.3 Å². The lowest BCUT2D eigenvalue weighted by Gasteiger charge is -2.10. The van der Waals surface area contributed by atoms with Crippen LogP contribution >= 0.6 is 0 Å². The van der Waals surface area contributed by atoms with Gasteiger partial charge in [0.25, 0.3) is 5.91 Å². The van der Waals surface area contributed by atoms with E-state index in [0.717, 1.165) is 31.5 Å². The average Bonchev–Trinajstić information content (AvgIpc) is 2.83. The lowest BCUT2D eigenvalue weighted by molar-refractivity contribution is -0.117. The minimum Gasteiger partial charge on any atom is -0.349 e. The van der Waals surface area contributed by atoms with Crippen LogP contribution in [0.2, 0.25) is 0 Å². The molecular weight excluding hydrogens is 346 g/mol. The van der Waals surface area contributed by atoms with Crippen LogP contribution in [-0.4, -0.2) is 32.7 Å². The van der Waals surface area contributed by atoms with Gasteiger partial charge in [-0.2, -0.15) is 5.10 Å². The minimum atomic E-state index is -0.408. The summed E-state index contributed by atoms with van der Waals surface area (Å²) in [6.07, 6.45) is 5.34. The van der Waals surface area contributed by atoms with E-state index in [2.05, 4.69) is 22.3 Å². The monoisotopic (exact) mass is 369 g/mol. The summed E-state index contributed by atoms with van der Waals surface area (Å²) < 4.78 is 2.84. The number of fused-ring (bicyclic) bond motifs is 1. The Balaban J connectivity index is 1.73. The molecule has 0 aliphatic carbocycles. The molecule has 1 aromatic carbocycles. The highest BCUT2D eigenvalue weighted by Crippen LogP contribution is 2.15. The second kappa shape index (κ2) is 8.48. The van der Waals surface area contributed by atoms with Crippen LogP contribution in [0.3, 0.4) is 0 Å². The maximum Gasteiger partial charge on any atom is 0.346 e. The molecule has 2 amide bonds. The zero-order chi connectivity index (χ0) is 19.2.